The lowest BCUT2D eigenvalue weighted by molar-refractivity contribution is 0.0983. The molecule has 8 nitrogen and oxygen atoms in total. The zero-order valence-electron chi connectivity index (χ0n) is 20.4. The molecule has 10 heteroatoms. The number of hydrogen-bond acceptors (Lipinski definition) is 7. The maximum atomic E-state index is 13.7. The van der Waals surface area contributed by atoms with Gasteiger partial charge in [0.05, 0.1) is 16.7 Å². The second-order valence-electron chi connectivity index (χ2n) is 8.42. The van der Waals surface area contributed by atoms with E-state index in [1.807, 2.05) is 18.2 Å². The van der Waals surface area contributed by atoms with Gasteiger partial charge < -0.3 is 9.64 Å². The molecule has 0 bridgehead atoms. The Kier molecular flexibility index (Phi) is 8.05. The number of sulfonamides is 1. The molecule has 0 radical (unpaired) electrons. The topological polar surface area (TPSA) is 83.1 Å². The van der Waals surface area contributed by atoms with Crippen LogP contribution in [0, 0.1) is 0 Å². The minimum absolute atomic E-state index is 0.208. The van der Waals surface area contributed by atoms with Crippen LogP contribution < -0.4 is 9.64 Å². The van der Waals surface area contributed by atoms with E-state index in [-0.39, 0.29) is 10.8 Å². The average Bonchev–Trinajstić information content (AvgIpc) is 3.57. The number of likely N-dealkylation sites (N-methyl/N-ethyl adjacent to an activating group) is 1. The number of hydrogen-bond donors (Lipinski definition) is 0. The lowest BCUT2D eigenvalue weighted by Crippen LogP contribution is -2.38. The Balaban J connectivity index is 1.64. The third kappa shape index (κ3) is 5.35. The summed E-state index contributed by atoms with van der Waals surface area (Å²) in [5.41, 5.74) is 1.15. The number of aromatic nitrogens is 1. The van der Waals surface area contributed by atoms with Gasteiger partial charge in [-0.3, -0.25) is 9.69 Å². The summed E-state index contributed by atoms with van der Waals surface area (Å²) in [4.78, 5) is 22.6. The fourth-order valence-electron chi connectivity index (χ4n) is 4.26. The molecule has 0 aliphatic carbocycles. The molecular weight excluding hydrogens is 484 g/mol. The van der Waals surface area contributed by atoms with Crippen molar-refractivity contribution < 1.29 is 17.9 Å². The summed E-state index contributed by atoms with van der Waals surface area (Å²) in [6, 6.07) is 12.0. The number of methoxy groups -OCH3 is 1. The molecule has 35 heavy (non-hydrogen) atoms. The largest absolute Gasteiger partial charge is 0.494 e. The van der Waals surface area contributed by atoms with Crippen LogP contribution in [0.2, 0.25) is 0 Å². The Morgan fingerprint density at radius 2 is 1.74 bits per heavy atom. The van der Waals surface area contributed by atoms with Crippen LogP contribution in [0.4, 0.5) is 5.13 Å². The number of rotatable bonds is 10. The van der Waals surface area contributed by atoms with Crippen molar-refractivity contribution in [1.82, 2.24) is 14.2 Å². The standard InChI is InChI=1S/C25H32N4O4S2/c1-4-27(5-2)17-18-29(25-26-23-21(33-3)9-8-10-22(23)34-25)24(30)19-11-13-20(14-12-19)35(31,32)28-15-6-7-16-28/h8-14H,4-7,15-18H2,1-3H3. The summed E-state index contributed by atoms with van der Waals surface area (Å²) in [6.45, 7) is 8.22. The van der Waals surface area contributed by atoms with Crippen LogP contribution in [-0.2, 0) is 10.0 Å². The minimum Gasteiger partial charge on any atom is -0.494 e. The predicted molar refractivity (Wildman–Crippen MR) is 140 cm³/mol. The first-order valence-electron chi connectivity index (χ1n) is 12.0. The van der Waals surface area contributed by atoms with Crippen molar-refractivity contribution in [3.05, 3.63) is 48.0 Å². The molecular formula is C25H32N4O4S2. The van der Waals surface area contributed by atoms with Gasteiger partial charge in [0, 0.05) is 31.7 Å². The minimum atomic E-state index is -3.53. The van der Waals surface area contributed by atoms with E-state index < -0.39 is 10.0 Å². The van der Waals surface area contributed by atoms with Crippen LogP contribution >= 0.6 is 11.3 Å². The van der Waals surface area contributed by atoms with Crippen LogP contribution in [0.3, 0.4) is 0 Å². The Bertz CT molecular complexity index is 1260. The Morgan fingerprint density at radius 1 is 1.06 bits per heavy atom. The predicted octanol–water partition coefficient (Wildman–Crippen LogP) is 4.08. The van der Waals surface area contributed by atoms with Crippen molar-refractivity contribution in [2.45, 2.75) is 31.6 Å². The molecule has 0 unspecified atom stereocenters. The lowest BCUT2D eigenvalue weighted by atomic mass is 10.2. The van der Waals surface area contributed by atoms with Gasteiger partial charge in [0.1, 0.15) is 11.3 Å². The van der Waals surface area contributed by atoms with Gasteiger partial charge in [-0.1, -0.05) is 31.3 Å². The van der Waals surface area contributed by atoms with Crippen LogP contribution in [0.5, 0.6) is 5.75 Å². The van der Waals surface area contributed by atoms with Crippen molar-refractivity contribution >= 4 is 42.6 Å². The van der Waals surface area contributed by atoms with Crippen molar-refractivity contribution in [3.63, 3.8) is 0 Å². The zero-order valence-corrected chi connectivity index (χ0v) is 22.1. The second kappa shape index (κ2) is 11.0. The normalized spacial score (nSPS) is 14.6. The molecule has 188 valence electrons. The monoisotopic (exact) mass is 516 g/mol. The Labute approximate surface area is 211 Å². The fourth-order valence-corrected chi connectivity index (χ4v) is 6.78. The van der Waals surface area contributed by atoms with Crippen molar-refractivity contribution in [3.8, 4) is 5.75 Å². The molecule has 0 spiro atoms. The van der Waals surface area contributed by atoms with Gasteiger partial charge >= 0.3 is 0 Å². The number of thiazole rings is 1. The van der Waals surface area contributed by atoms with Gasteiger partial charge in [-0.15, -0.1) is 0 Å². The maximum absolute atomic E-state index is 13.7. The summed E-state index contributed by atoms with van der Waals surface area (Å²) in [5.74, 6) is 0.456. The molecule has 1 aromatic heterocycles. The molecule has 2 aromatic carbocycles. The number of carbonyl (C=O) groups excluding carboxylic acids is 1. The summed E-state index contributed by atoms with van der Waals surface area (Å²) >= 11 is 1.44. The highest BCUT2D eigenvalue weighted by molar-refractivity contribution is 7.89. The summed E-state index contributed by atoms with van der Waals surface area (Å²) < 4.78 is 33.7. The molecule has 0 N–H and O–H groups in total. The molecule has 1 fully saturated rings. The van der Waals surface area contributed by atoms with Gasteiger partial charge in [-0.2, -0.15) is 4.31 Å². The van der Waals surface area contributed by atoms with Gasteiger partial charge in [0.2, 0.25) is 10.0 Å². The first-order valence-corrected chi connectivity index (χ1v) is 14.2. The van der Waals surface area contributed by atoms with Gasteiger partial charge in [0.25, 0.3) is 5.91 Å². The lowest BCUT2D eigenvalue weighted by Gasteiger charge is -2.25. The number of nitrogens with zero attached hydrogens (tertiary/aromatic N) is 4. The SMILES string of the molecule is CCN(CC)CCN(C(=O)c1ccc(S(=O)(=O)N2CCCC2)cc1)c1nc2c(OC)cccc2s1. The highest BCUT2D eigenvalue weighted by atomic mass is 32.2. The molecule has 1 aliphatic heterocycles. The van der Waals surface area contributed by atoms with Gasteiger partial charge in [0.15, 0.2) is 5.13 Å². The number of fused-ring (bicyclic) bond motifs is 1. The summed E-state index contributed by atoms with van der Waals surface area (Å²) in [7, 11) is -1.92. The first-order chi connectivity index (χ1) is 16.9. The average molecular weight is 517 g/mol. The van der Waals surface area contributed by atoms with Crippen LogP contribution in [0.15, 0.2) is 47.4 Å². The fraction of sp³-hybridized carbons (Fsp3) is 0.440. The number of anilines is 1. The van der Waals surface area contributed by atoms with Gasteiger partial charge in [-0.05, 0) is 62.3 Å². The number of benzene rings is 2. The van der Waals surface area contributed by atoms with E-state index in [0.717, 1.165) is 36.1 Å². The maximum Gasteiger partial charge on any atom is 0.260 e. The number of amides is 1. The summed E-state index contributed by atoms with van der Waals surface area (Å²) in [6.07, 6.45) is 1.76. The van der Waals surface area contributed by atoms with E-state index in [9.17, 15) is 13.2 Å². The molecule has 1 amide bonds. The molecule has 0 saturated carbocycles. The number of ether oxygens (including phenoxy) is 1. The van der Waals surface area contributed by atoms with Crippen molar-refractivity contribution in [2.75, 3.05) is 51.3 Å². The van der Waals surface area contributed by atoms with E-state index in [1.165, 1.54) is 27.8 Å². The number of para-hydroxylation sites is 1. The zero-order chi connectivity index (χ0) is 25.0. The van der Waals surface area contributed by atoms with Crippen LogP contribution in [0.25, 0.3) is 10.2 Å². The van der Waals surface area contributed by atoms with Crippen LogP contribution in [-0.4, -0.2) is 74.9 Å². The third-order valence-corrected chi connectivity index (χ3v) is 9.36. The van der Waals surface area contributed by atoms with E-state index in [0.29, 0.717) is 42.6 Å². The van der Waals surface area contributed by atoms with Gasteiger partial charge in [-0.25, -0.2) is 13.4 Å². The molecule has 1 aliphatic rings. The molecule has 3 aromatic rings. The van der Waals surface area contributed by atoms with Crippen molar-refractivity contribution in [2.24, 2.45) is 0 Å². The van der Waals surface area contributed by atoms with Crippen molar-refractivity contribution in [1.29, 1.82) is 0 Å². The quantitative estimate of drug-likeness (QED) is 0.404. The Hall–Kier alpha value is -2.53. The Morgan fingerprint density at radius 3 is 2.37 bits per heavy atom. The van der Waals surface area contributed by atoms with E-state index in [1.54, 1.807) is 24.1 Å². The first kappa shape index (κ1) is 25.6. The highest BCUT2D eigenvalue weighted by Gasteiger charge is 2.28. The molecule has 1 saturated heterocycles. The molecule has 0 atom stereocenters. The van der Waals surface area contributed by atoms with E-state index in [4.69, 9.17) is 9.72 Å². The highest BCUT2D eigenvalue weighted by Crippen LogP contribution is 2.34. The van der Waals surface area contributed by atoms with E-state index in [2.05, 4.69) is 18.7 Å². The molecule has 2 heterocycles. The third-order valence-electron chi connectivity index (χ3n) is 6.40. The second-order valence-corrected chi connectivity index (χ2v) is 11.4. The summed E-state index contributed by atoms with van der Waals surface area (Å²) in [5, 5.41) is 0.593. The smallest absolute Gasteiger partial charge is 0.260 e. The van der Waals surface area contributed by atoms with Crippen LogP contribution in [0.1, 0.15) is 37.0 Å². The molecule has 4 rings (SSSR count). The van der Waals surface area contributed by atoms with E-state index >= 15 is 0 Å². The number of carbonyl (C=O) groups is 1.